The van der Waals surface area contributed by atoms with Crippen molar-refractivity contribution in [1.82, 2.24) is 0 Å². The molecule has 0 spiro atoms. The molecule has 0 aliphatic carbocycles. The number of carbonyl (C=O) groups is 1. The molecule has 3 aromatic carbocycles. The number of benzene rings is 3. The van der Waals surface area contributed by atoms with E-state index in [9.17, 15) is 13.6 Å². The van der Waals surface area contributed by atoms with Gasteiger partial charge in [-0.15, -0.1) is 0 Å². The Hall–Kier alpha value is -3.95. The van der Waals surface area contributed by atoms with Crippen molar-refractivity contribution in [3.63, 3.8) is 0 Å². The number of rotatable bonds is 13. The van der Waals surface area contributed by atoms with Crippen LogP contribution in [0.1, 0.15) is 0 Å². The fourth-order valence-corrected chi connectivity index (χ4v) is 3.04. The maximum Gasteiger partial charge on any atom is 0.247 e. The van der Waals surface area contributed by atoms with Crippen LogP contribution in [0.5, 0.6) is 5.75 Å². The van der Waals surface area contributed by atoms with Gasteiger partial charge in [0, 0.05) is 35.9 Å². The van der Waals surface area contributed by atoms with Crippen LogP contribution in [0.2, 0.25) is 0 Å². The smallest absolute Gasteiger partial charge is 0.247 e. The van der Waals surface area contributed by atoms with Gasteiger partial charge >= 0.3 is 0 Å². The van der Waals surface area contributed by atoms with Crippen molar-refractivity contribution in [1.29, 1.82) is 0 Å². The number of halogens is 2. The van der Waals surface area contributed by atoms with Gasteiger partial charge in [0.25, 0.3) is 0 Å². The summed E-state index contributed by atoms with van der Waals surface area (Å²) in [5.41, 5.74) is 2.33. The van der Waals surface area contributed by atoms with Gasteiger partial charge in [-0.1, -0.05) is 12.6 Å². The van der Waals surface area contributed by atoms with Crippen LogP contribution >= 0.6 is 0 Å². The van der Waals surface area contributed by atoms with E-state index in [4.69, 9.17) is 14.2 Å². The lowest BCUT2D eigenvalue weighted by Crippen LogP contribution is -2.10. The maximum absolute atomic E-state index is 14.4. The van der Waals surface area contributed by atoms with Crippen molar-refractivity contribution < 1.29 is 27.8 Å². The van der Waals surface area contributed by atoms with E-state index in [1.807, 2.05) is 0 Å². The monoisotopic (exact) mass is 483 g/mol. The molecule has 7 nitrogen and oxygen atoms in total. The minimum atomic E-state index is -0.536. The molecule has 3 rings (SSSR count). The molecule has 0 fully saturated rings. The molecule has 0 unspecified atom stereocenters. The van der Waals surface area contributed by atoms with Crippen molar-refractivity contribution >= 4 is 34.3 Å². The van der Waals surface area contributed by atoms with Gasteiger partial charge in [0.1, 0.15) is 12.4 Å². The van der Waals surface area contributed by atoms with Crippen LogP contribution in [0.3, 0.4) is 0 Å². The van der Waals surface area contributed by atoms with Gasteiger partial charge in [0.15, 0.2) is 11.6 Å². The van der Waals surface area contributed by atoms with Gasteiger partial charge in [-0.3, -0.25) is 4.79 Å². The maximum atomic E-state index is 14.4. The predicted molar refractivity (Wildman–Crippen MR) is 133 cm³/mol. The molecule has 0 aliphatic heterocycles. The van der Waals surface area contributed by atoms with Crippen LogP contribution in [-0.4, -0.2) is 39.4 Å². The van der Waals surface area contributed by atoms with Crippen LogP contribution in [0.15, 0.2) is 73.3 Å². The zero-order valence-electron chi connectivity index (χ0n) is 19.3. The summed E-state index contributed by atoms with van der Waals surface area (Å²) in [4.78, 5) is 11.5. The van der Waals surface area contributed by atoms with E-state index in [-0.39, 0.29) is 24.0 Å². The molecule has 1 amide bonds. The summed E-state index contributed by atoms with van der Waals surface area (Å²) in [6.07, 6.45) is 1.16. The fourth-order valence-electron chi connectivity index (χ4n) is 3.04. The van der Waals surface area contributed by atoms with Gasteiger partial charge in [-0.25, -0.2) is 8.78 Å². The Bertz CT molecular complexity index is 1160. The topological polar surface area (TPSA) is 80.9 Å². The van der Waals surface area contributed by atoms with Crippen molar-refractivity contribution in [2.45, 2.75) is 0 Å². The quantitative estimate of drug-likeness (QED) is 0.216. The van der Waals surface area contributed by atoms with E-state index in [1.54, 1.807) is 49.6 Å². The molecule has 0 aliphatic rings. The highest BCUT2D eigenvalue weighted by atomic mass is 19.1. The standard InChI is InChI=1S/C26H27F2N3O4/c1-3-26(32)31-19-6-4-5-18(15-19)30-24-17-21(7-9-22(24)27)29-20-8-10-25(23(28)16-20)35-14-13-34-12-11-33-2/h3-10,15-17,29-30H,1,11-14H2,2H3,(H,31,32). The van der Waals surface area contributed by atoms with E-state index in [0.29, 0.717) is 42.6 Å². The summed E-state index contributed by atoms with van der Waals surface area (Å²) in [6, 6.07) is 15.7. The molecule has 35 heavy (non-hydrogen) atoms. The van der Waals surface area contributed by atoms with Crippen LogP contribution in [0.25, 0.3) is 0 Å². The highest BCUT2D eigenvalue weighted by Crippen LogP contribution is 2.28. The largest absolute Gasteiger partial charge is 0.488 e. The summed E-state index contributed by atoms with van der Waals surface area (Å²) in [6.45, 7) is 4.86. The van der Waals surface area contributed by atoms with Gasteiger partial charge in [0.2, 0.25) is 5.91 Å². The Morgan fingerprint density at radius 2 is 1.57 bits per heavy atom. The minimum absolute atomic E-state index is 0.107. The molecule has 3 N–H and O–H groups in total. The van der Waals surface area contributed by atoms with Crippen molar-refractivity contribution in [3.8, 4) is 5.75 Å². The fraction of sp³-hybridized carbons (Fsp3) is 0.192. The first-order valence-corrected chi connectivity index (χ1v) is 10.8. The minimum Gasteiger partial charge on any atom is -0.488 e. The first kappa shape index (κ1) is 25.7. The molecule has 3 aromatic rings. The Morgan fingerprint density at radius 1 is 0.857 bits per heavy atom. The van der Waals surface area contributed by atoms with E-state index in [1.165, 1.54) is 18.2 Å². The average molecular weight is 484 g/mol. The molecule has 0 bridgehead atoms. The molecule has 0 saturated heterocycles. The van der Waals surface area contributed by atoms with Crippen molar-refractivity contribution in [2.75, 3.05) is 49.5 Å². The van der Waals surface area contributed by atoms with Crippen molar-refractivity contribution in [2.24, 2.45) is 0 Å². The lowest BCUT2D eigenvalue weighted by Gasteiger charge is -2.13. The second-order valence-electron chi connectivity index (χ2n) is 7.32. The lowest BCUT2D eigenvalue weighted by molar-refractivity contribution is -0.111. The normalized spacial score (nSPS) is 10.5. The Morgan fingerprint density at radius 3 is 2.34 bits per heavy atom. The summed E-state index contributed by atoms with van der Waals surface area (Å²) in [7, 11) is 1.58. The van der Waals surface area contributed by atoms with Gasteiger partial charge in [-0.05, 0) is 54.6 Å². The van der Waals surface area contributed by atoms with Crippen LogP contribution in [0, 0.1) is 11.6 Å². The number of carbonyl (C=O) groups excluding carboxylic acids is 1. The lowest BCUT2D eigenvalue weighted by atomic mass is 10.2. The van der Waals surface area contributed by atoms with Crippen molar-refractivity contribution in [3.05, 3.63) is 85.0 Å². The number of amides is 1. The zero-order chi connectivity index (χ0) is 25.0. The Kier molecular flexibility index (Phi) is 9.58. The Balaban J connectivity index is 1.63. The molecule has 0 aromatic heterocycles. The van der Waals surface area contributed by atoms with E-state index in [2.05, 4.69) is 22.5 Å². The van der Waals surface area contributed by atoms with E-state index in [0.717, 1.165) is 6.08 Å². The SMILES string of the molecule is C=CC(=O)Nc1cccc(Nc2cc(Nc3ccc(OCCOCCOC)c(F)c3)ccc2F)c1. The van der Waals surface area contributed by atoms with Crippen LogP contribution in [-0.2, 0) is 14.3 Å². The molecular formula is C26H27F2N3O4. The van der Waals surface area contributed by atoms with E-state index >= 15 is 0 Å². The highest BCUT2D eigenvalue weighted by molar-refractivity contribution is 5.99. The first-order valence-electron chi connectivity index (χ1n) is 10.8. The Labute approximate surface area is 202 Å². The third kappa shape index (κ3) is 8.09. The number of nitrogens with one attached hydrogen (secondary N) is 3. The van der Waals surface area contributed by atoms with E-state index < -0.39 is 11.6 Å². The molecule has 0 saturated carbocycles. The number of methoxy groups -OCH3 is 1. The van der Waals surface area contributed by atoms with Gasteiger partial charge in [0.05, 0.1) is 25.5 Å². The summed E-state index contributed by atoms with van der Waals surface area (Å²) in [5, 5.41) is 8.69. The molecule has 0 atom stereocenters. The molecule has 9 heteroatoms. The number of hydrogen-bond acceptors (Lipinski definition) is 6. The molecule has 0 radical (unpaired) electrons. The second-order valence-corrected chi connectivity index (χ2v) is 7.32. The van der Waals surface area contributed by atoms with Gasteiger partial charge in [-0.2, -0.15) is 0 Å². The average Bonchev–Trinajstić information content (AvgIpc) is 2.84. The van der Waals surface area contributed by atoms with Gasteiger partial charge < -0.3 is 30.2 Å². The summed E-state index contributed by atoms with van der Waals surface area (Å²) < 4.78 is 44.4. The number of anilines is 5. The van der Waals surface area contributed by atoms with Crippen LogP contribution < -0.4 is 20.7 Å². The molecular weight excluding hydrogens is 456 g/mol. The number of hydrogen-bond donors (Lipinski definition) is 3. The molecule has 184 valence electrons. The third-order valence-corrected chi connectivity index (χ3v) is 4.70. The highest BCUT2D eigenvalue weighted by Gasteiger charge is 2.09. The third-order valence-electron chi connectivity index (χ3n) is 4.70. The predicted octanol–water partition coefficient (Wildman–Crippen LogP) is 5.62. The first-order chi connectivity index (χ1) is 17.0. The molecule has 0 heterocycles. The number of ether oxygens (including phenoxy) is 3. The second kappa shape index (κ2) is 13.1. The summed E-state index contributed by atoms with van der Waals surface area (Å²) >= 11 is 0. The van der Waals surface area contributed by atoms with Crippen LogP contribution in [0.4, 0.5) is 37.2 Å². The zero-order valence-corrected chi connectivity index (χ0v) is 19.3. The summed E-state index contributed by atoms with van der Waals surface area (Å²) in [5.74, 6) is -1.25.